The number of thiophene rings is 1. The molecule has 20 heavy (non-hydrogen) atoms. The highest BCUT2D eigenvalue weighted by molar-refractivity contribution is 7.21. The van der Waals surface area contributed by atoms with Gasteiger partial charge in [0.05, 0.1) is 7.11 Å². The molecule has 0 bridgehead atoms. The Labute approximate surface area is 127 Å². The molecule has 1 aromatic heterocycles. The number of carbonyl (C=O) groups excluding carboxylic acids is 1. The third-order valence-corrected chi connectivity index (χ3v) is 4.72. The molecule has 0 spiro atoms. The SMILES string of the molecule is CCC(C)(C)NC(=O)c1sc2cc(Cl)ccc2c1OC. The van der Waals surface area contributed by atoms with Crippen molar-refractivity contribution in [2.45, 2.75) is 32.7 Å². The van der Waals surface area contributed by atoms with E-state index < -0.39 is 0 Å². The molecular formula is C15H18ClNO2S. The molecule has 0 aliphatic heterocycles. The molecule has 1 heterocycles. The molecule has 0 aliphatic carbocycles. The van der Waals surface area contributed by atoms with Crippen molar-refractivity contribution in [1.29, 1.82) is 0 Å². The highest BCUT2D eigenvalue weighted by Crippen LogP contribution is 2.39. The van der Waals surface area contributed by atoms with Crippen molar-refractivity contribution in [3.05, 3.63) is 28.1 Å². The predicted octanol–water partition coefficient (Wildman–Crippen LogP) is 4.48. The van der Waals surface area contributed by atoms with Gasteiger partial charge in [-0.05, 0) is 38.5 Å². The van der Waals surface area contributed by atoms with Gasteiger partial charge in [-0.25, -0.2) is 0 Å². The minimum absolute atomic E-state index is 0.106. The number of carbonyl (C=O) groups is 1. The number of methoxy groups -OCH3 is 1. The van der Waals surface area contributed by atoms with Gasteiger partial charge in [-0.1, -0.05) is 18.5 Å². The van der Waals surface area contributed by atoms with Crippen molar-refractivity contribution >= 4 is 38.9 Å². The second kappa shape index (κ2) is 5.62. The molecule has 108 valence electrons. The minimum Gasteiger partial charge on any atom is -0.494 e. The van der Waals surface area contributed by atoms with Gasteiger partial charge in [0.1, 0.15) is 10.6 Å². The Morgan fingerprint density at radius 1 is 1.45 bits per heavy atom. The van der Waals surface area contributed by atoms with E-state index in [0.29, 0.717) is 15.6 Å². The summed E-state index contributed by atoms with van der Waals surface area (Å²) >= 11 is 7.40. The predicted molar refractivity (Wildman–Crippen MR) is 85.2 cm³/mol. The molecule has 0 radical (unpaired) electrons. The zero-order valence-electron chi connectivity index (χ0n) is 12.0. The van der Waals surface area contributed by atoms with Gasteiger partial charge in [-0.2, -0.15) is 0 Å². The number of ether oxygens (including phenoxy) is 1. The number of hydrogen-bond donors (Lipinski definition) is 1. The lowest BCUT2D eigenvalue weighted by atomic mass is 10.0. The van der Waals surface area contributed by atoms with E-state index in [9.17, 15) is 4.79 Å². The standard InChI is InChI=1S/C15H18ClNO2S/c1-5-15(2,3)17-14(18)13-12(19-4)10-7-6-9(16)8-11(10)20-13/h6-8H,5H2,1-4H3,(H,17,18). The summed E-state index contributed by atoms with van der Waals surface area (Å²) < 4.78 is 6.37. The molecule has 1 aromatic carbocycles. The second-order valence-corrected chi connectivity index (χ2v) is 6.79. The van der Waals surface area contributed by atoms with E-state index in [0.717, 1.165) is 16.5 Å². The van der Waals surface area contributed by atoms with Gasteiger partial charge < -0.3 is 10.1 Å². The fraction of sp³-hybridized carbons (Fsp3) is 0.400. The summed E-state index contributed by atoms with van der Waals surface area (Å²) in [6, 6.07) is 5.54. The van der Waals surface area contributed by atoms with E-state index in [1.807, 2.05) is 32.9 Å². The van der Waals surface area contributed by atoms with Crippen molar-refractivity contribution in [2.24, 2.45) is 0 Å². The largest absolute Gasteiger partial charge is 0.494 e. The lowest BCUT2D eigenvalue weighted by Gasteiger charge is -2.24. The Balaban J connectivity index is 2.46. The first kappa shape index (κ1) is 15.1. The normalized spacial score (nSPS) is 11.7. The van der Waals surface area contributed by atoms with E-state index in [1.54, 1.807) is 13.2 Å². The van der Waals surface area contributed by atoms with E-state index in [2.05, 4.69) is 5.32 Å². The monoisotopic (exact) mass is 311 g/mol. The van der Waals surface area contributed by atoms with Crippen LogP contribution >= 0.6 is 22.9 Å². The Hall–Kier alpha value is -1.26. The number of amides is 1. The van der Waals surface area contributed by atoms with Gasteiger partial charge >= 0.3 is 0 Å². The molecule has 5 heteroatoms. The number of hydrogen-bond acceptors (Lipinski definition) is 3. The second-order valence-electron chi connectivity index (χ2n) is 5.30. The maximum absolute atomic E-state index is 12.4. The van der Waals surface area contributed by atoms with Crippen LogP contribution in [0.15, 0.2) is 18.2 Å². The summed E-state index contributed by atoms with van der Waals surface area (Å²) in [6.45, 7) is 6.05. The van der Waals surface area contributed by atoms with E-state index in [1.165, 1.54) is 11.3 Å². The van der Waals surface area contributed by atoms with Gasteiger partial charge in [0.25, 0.3) is 5.91 Å². The Morgan fingerprint density at radius 2 is 2.15 bits per heavy atom. The molecule has 0 saturated heterocycles. The molecule has 0 atom stereocenters. The number of fused-ring (bicyclic) bond motifs is 1. The summed E-state index contributed by atoms with van der Waals surface area (Å²) in [5, 5.41) is 4.60. The molecule has 0 aliphatic rings. The average Bonchev–Trinajstić information content (AvgIpc) is 2.75. The highest BCUT2D eigenvalue weighted by Gasteiger charge is 2.24. The van der Waals surface area contributed by atoms with Gasteiger partial charge in [0.15, 0.2) is 0 Å². The minimum atomic E-state index is -0.240. The van der Waals surface area contributed by atoms with Crippen LogP contribution in [0.25, 0.3) is 10.1 Å². The average molecular weight is 312 g/mol. The van der Waals surface area contributed by atoms with Crippen molar-refractivity contribution in [3.8, 4) is 5.75 Å². The third-order valence-electron chi connectivity index (χ3n) is 3.35. The van der Waals surface area contributed by atoms with Crippen LogP contribution < -0.4 is 10.1 Å². The van der Waals surface area contributed by atoms with Crippen LogP contribution in [0.2, 0.25) is 5.02 Å². The molecule has 1 N–H and O–H groups in total. The molecule has 3 nitrogen and oxygen atoms in total. The van der Waals surface area contributed by atoms with Crippen LogP contribution in [-0.4, -0.2) is 18.6 Å². The van der Waals surface area contributed by atoms with Crippen LogP contribution in [0.5, 0.6) is 5.75 Å². The zero-order chi connectivity index (χ0) is 14.9. The summed E-state index contributed by atoms with van der Waals surface area (Å²) in [4.78, 5) is 13.0. The maximum Gasteiger partial charge on any atom is 0.265 e. The molecule has 2 aromatic rings. The zero-order valence-corrected chi connectivity index (χ0v) is 13.6. The van der Waals surface area contributed by atoms with Gasteiger partial charge in [0.2, 0.25) is 0 Å². The first-order valence-corrected chi connectivity index (χ1v) is 7.66. The van der Waals surface area contributed by atoms with Crippen LogP contribution in [0.3, 0.4) is 0 Å². The smallest absolute Gasteiger partial charge is 0.265 e. The van der Waals surface area contributed by atoms with Crippen molar-refractivity contribution in [3.63, 3.8) is 0 Å². The molecule has 0 saturated carbocycles. The molecule has 2 rings (SSSR count). The summed E-state index contributed by atoms with van der Waals surface area (Å²) in [5.41, 5.74) is -0.240. The lowest BCUT2D eigenvalue weighted by Crippen LogP contribution is -2.42. The van der Waals surface area contributed by atoms with Gasteiger partial charge in [-0.15, -0.1) is 11.3 Å². The van der Waals surface area contributed by atoms with Crippen LogP contribution in [0, 0.1) is 0 Å². The quantitative estimate of drug-likeness (QED) is 0.904. The van der Waals surface area contributed by atoms with E-state index in [-0.39, 0.29) is 11.4 Å². The number of benzene rings is 1. The Morgan fingerprint density at radius 3 is 2.75 bits per heavy atom. The summed E-state index contributed by atoms with van der Waals surface area (Å²) in [5.74, 6) is 0.511. The first-order chi connectivity index (χ1) is 9.38. The summed E-state index contributed by atoms with van der Waals surface area (Å²) in [7, 11) is 1.58. The first-order valence-electron chi connectivity index (χ1n) is 6.46. The van der Waals surface area contributed by atoms with Crippen LogP contribution in [0.4, 0.5) is 0 Å². The molecule has 0 unspecified atom stereocenters. The van der Waals surface area contributed by atoms with E-state index in [4.69, 9.17) is 16.3 Å². The van der Waals surface area contributed by atoms with Crippen LogP contribution in [0.1, 0.15) is 36.9 Å². The number of rotatable bonds is 4. The Bertz CT molecular complexity index is 649. The van der Waals surface area contributed by atoms with Crippen molar-refractivity contribution in [1.82, 2.24) is 5.32 Å². The van der Waals surface area contributed by atoms with Crippen molar-refractivity contribution in [2.75, 3.05) is 7.11 Å². The fourth-order valence-corrected chi connectivity index (χ4v) is 3.19. The molecule has 1 amide bonds. The summed E-state index contributed by atoms with van der Waals surface area (Å²) in [6.07, 6.45) is 0.859. The van der Waals surface area contributed by atoms with Gasteiger partial charge in [-0.3, -0.25) is 4.79 Å². The third kappa shape index (κ3) is 2.91. The highest BCUT2D eigenvalue weighted by atomic mass is 35.5. The number of halogens is 1. The number of nitrogens with one attached hydrogen (secondary N) is 1. The fourth-order valence-electron chi connectivity index (χ4n) is 1.85. The van der Waals surface area contributed by atoms with Crippen LogP contribution in [-0.2, 0) is 0 Å². The topological polar surface area (TPSA) is 38.3 Å². The van der Waals surface area contributed by atoms with Crippen molar-refractivity contribution < 1.29 is 9.53 Å². The lowest BCUT2D eigenvalue weighted by molar-refractivity contribution is 0.0913. The van der Waals surface area contributed by atoms with E-state index >= 15 is 0 Å². The molecular weight excluding hydrogens is 294 g/mol. The van der Waals surface area contributed by atoms with Gasteiger partial charge in [0, 0.05) is 20.6 Å². The maximum atomic E-state index is 12.4. The molecule has 0 fully saturated rings. The Kier molecular flexibility index (Phi) is 4.25.